The third kappa shape index (κ3) is 5.06. The molecule has 0 aliphatic rings. The molecule has 0 aromatic heterocycles. The van der Waals surface area contributed by atoms with E-state index < -0.39 is 0 Å². The van der Waals surface area contributed by atoms with E-state index in [9.17, 15) is 4.79 Å². The quantitative estimate of drug-likeness (QED) is 0.770. The fraction of sp³-hybridized carbons (Fsp3) is 0.278. The molecule has 0 saturated heterocycles. The van der Waals surface area contributed by atoms with Crippen LogP contribution in [0.15, 0.2) is 53.0 Å². The Morgan fingerprint density at radius 1 is 1.13 bits per heavy atom. The van der Waals surface area contributed by atoms with Gasteiger partial charge in [-0.05, 0) is 31.5 Å². The maximum absolute atomic E-state index is 12.2. The first-order chi connectivity index (χ1) is 11.0. The lowest BCUT2D eigenvalue weighted by molar-refractivity contribution is -0.682. The standard InChI is InChI=1S/C18H20BrClN2O/c1-12(15-8-4-6-10-17(15)20)21-11-18(23)22-13(2)14-7-3-5-9-16(14)19/h3-10,12-13,21H,11H2,1-2H3,(H,22,23)/p+1/t12-,13+/m1/s1. The zero-order chi connectivity index (χ0) is 16.8. The number of carbonyl (C=O) groups is 1. The molecule has 5 heteroatoms. The topological polar surface area (TPSA) is 45.7 Å². The van der Waals surface area contributed by atoms with Gasteiger partial charge in [0, 0.05) is 15.1 Å². The lowest BCUT2D eigenvalue weighted by Gasteiger charge is -2.17. The van der Waals surface area contributed by atoms with Crippen LogP contribution in [0.2, 0.25) is 5.02 Å². The molecule has 2 aromatic carbocycles. The summed E-state index contributed by atoms with van der Waals surface area (Å²) in [5.74, 6) is 0.00663. The Bertz CT molecular complexity index is 678. The van der Waals surface area contributed by atoms with E-state index in [4.69, 9.17) is 11.6 Å². The number of hydrogen-bond acceptors (Lipinski definition) is 1. The fourth-order valence-corrected chi connectivity index (χ4v) is 3.40. The highest BCUT2D eigenvalue weighted by atomic mass is 79.9. The van der Waals surface area contributed by atoms with Gasteiger partial charge in [-0.3, -0.25) is 4.79 Å². The third-order valence-electron chi connectivity index (χ3n) is 3.80. The zero-order valence-electron chi connectivity index (χ0n) is 13.2. The van der Waals surface area contributed by atoms with Gasteiger partial charge in [-0.25, -0.2) is 0 Å². The van der Waals surface area contributed by atoms with Crippen molar-refractivity contribution in [1.29, 1.82) is 0 Å². The summed E-state index contributed by atoms with van der Waals surface area (Å²) in [7, 11) is 0. The van der Waals surface area contributed by atoms with Crippen molar-refractivity contribution in [2.24, 2.45) is 0 Å². The zero-order valence-corrected chi connectivity index (χ0v) is 15.6. The SMILES string of the molecule is C[C@H](NC(=O)C[NH2+][C@H](C)c1ccccc1Cl)c1ccccc1Br. The minimum absolute atomic E-state index is 0.00663. The van der Waals surface area contributed by atoms with E-state index >= 15 is 0 Å². The second-order valence-electron chi connectivity index (χ2n) is 5.56. The second kappa shape index (κ2) is 8.48. The van der Waals surface area contributed by atoms with Crippen molar-refractivity contribution in [1.82, 2.24) is 5.32 Å². The van der Waals surface area contributed by atoms with Gasteiger partial charge in [-0.15, -0.1) is 0 Å². The summed E-state index contributed by atoms with van der Waals surface area (Å²) >= 11 is 9.70. The van der Waals surface area contributed by atoms with Crippen LogP contribution in [-0.4, -0.2) is 12.5 Å². The van der Waals surface area contributed by atoms with E-state index in [1.54, 1.807) is 0 Å². The molecule has 23 heavy (non-hydrogen) atoms. The highest BCUT2D eigenvalue weighted by Crippen LogP contribution is 2.22. The monoisotopic (exact) mass is 395 g/mol. The van der Waals surface area contributed by atoms with Crippen molar-refractivity contribution in [2.45, 2.75) is 25.9 Å². The number of halogens is 2. The van der Waals surface area contributed by atoms with Gasteiger partial charge in [-0.2, -0.15) is 0 Å². The molecule has 0 unspecified atom stereocenters. The van der Waals surface area contributed by atoms with Crippen molar-refractivity contribution in [3.8, 4) is 0 Å². The summed E-state index contributed by atoms with van der Waals surface area (Å²) in [6.45, 7) is 4.39. The highest BCUT2D eigenvalue weighted by molar-refractivity contribution is 9.10. The van der Waals surface area contributed by atoms with Crippen LogP contribution in [0.3, 0.4) is 0 Å². The first-order valence-corrected chi connectivity index (χ1v) is 8.77. The lowest BCUT2D eigenvalue weighted by Crippen LogP contribution is -2.87. The summed E-state index contributed by atoms with van der Waals surface area (Å²) in [5.41, 5.74) is 2.11. The van der Waals surface area contributed by atoms with Gasteiger partial charge in [0.2, 0.25) is 0 Å². The molecular weight excluding hydrogens is 376 g/mol. The molecule has 0 spiro atoms. The Kier molecular flexibility index (Phi) is 6.63. The van der Waals surface area contributed by atoms with Gasteiger partial charge in [0.15, 0.2) is 6.54 Å². The molecule has 0 fully saturated rings. The molecule has 2 atom stereocenters. The smallest absolute Gasteiger partial charge is 0.275 e. The van der Waals surface area contributed by atoms with Gasteiger partial charge < -0.3 is 10.6 Å². The number of nitrogens with two attached hydrogens (primary N) is 1. The normalized spacial score (nSPS) is 13.4. The Hall–Kier alpha value is -1.36. The Balaban J connectivity index is 1.88. The van der Waals surface area contributed by atoms with Crippen LogP contribution >= 0.6 is 27.5 Å². The summed E-state index contributed by atoms with van der Waals surface area (Å²) < 4.78 is 1.00. The van der Waals surface area contributed by atoms with Crippen molar-refractivity contribution >= 4 is 33.4 Å². The lowest BCUT2D eigenvalue weighted by atomic mass is 10.1. The first kappa shape index (κ1) is 18.0. The predicted molar refractivity (Wildman–Crippen MR) is 97.4 cm³/mol. The third-order valence-corrected chi connectivity index (χ3v) is 4.87. The van der Waals surface area contributed by atoms with Gasteiger partial charge in [0.05, 0.1) is 6.04 Å². The van der Waals surface area contributed by atoms with E-state index in [1.165, 1.54) is 0 Å². The highest BCUT2D eigenvalue weighted by Gasteiger charge is 2.16. The molecule has 0 aliphatic heterocycles. The molecule has 0 bridgehead atoms. The van der Waals surface area contributed by atoms with Gasteiger partial charge in [-0.1, -0.05) is 63.9 Å². The van der Waals surface area contributed by atoms with E-state index in [2.05, 4.69) is 21.2 Å². The molecule has 1 amide bonds. The average Bonchev–Trinajstić information content (AvgIpc) is 2.53. The molecule has 3 N–H and O–H groups in total. The maximum atomic E-state index is 12.2. The number of benzene rings is 2. The fourth-order valence-electron chi connectivity index (χ4n) is 2.46. The van der Waals surface area contributed by atoms with Crippen LogP contribution in [0.25, 0.3) is 0 Å². The summed E-state index contributed by atoms with van der Waals surface area (Å²) in [6, 6.07) is 15.7. The number of rotatable bonds is 6. The van der Waals surface area contributed by atoms with Gasteiger partial charge >= 0.3 is 0 Å². The van der Waals surface area contributed by atoms with Crippen LogP contribution in [-0.2, 0) is 4.79 Å². The van der Waals surface area contributed by atoms with Crippen LogP contribution in [0.1, 0.15) is 37.1 Å². The number of nitrogens with one attached hydrogen (secondary N) is 1. The van der Waals surface area contributed by atoms with Crippen LogP contribution in [0.5, 0.6) is 0 Å². The van der Waals surface area contributed by atoms with E-state index in [0.29, 0.717) is 6.54 Å². The first-order valence-electron chi connectivity index (χ1n) is 7.60. The molecule has 0 aliphatic carbocycles. The second-order valence-corrected chi connectivity index (χ2v) is 6.82. The van der Waals surface area contributed by atoms with Crippen molar-refractivity contribution in [2.75, 3.05) is 6.54 Å². The predicted octanol–water partition coefficient (Wildman–Crippen LogP) is 3.60. The minimum atomic E-state index is -0.0397. The summed E-state index contributed by atoms with van der Waals surface area (Å²) in [6.07, 6.45) is 0. The van der Waals surface area contributed by atoms with Crippen LogP contribution in [0.4, 0.5) is 0 Å². The van der Waals surface area contributed by atoms with E-state index in [0.717, 1.165) is 20.6 Å². The minimum Gasteiger partial charge on any atom is -0.345 e. The Morgan fingerprint density at radius 3 is 2.39 bits per heavy atom. The molecular formula is C18H21BrClN2O+. The molecule has 2 rings (SSSR count). The van der Waals surface area contributed by atoms with Crippen molar-refractivity contribution in [3.05, 3.63) is 69.2 Å². The van der Waals surface area contributed by atoms with E-state index in [-0.39, 0.29) is 18.0 Å². The molecule has 2 aromatic rings. The van der Waals surface area contributed by atoms with Crippen LogP contribution in [0, 0.1) is 0 Å². The maximum Gasteiger partial charge on any atom is 0.275 e. The van der Waals surface area contributed by atoms with Gasteiger partial charge in [0.1, 0.15) is 6.04 Å². The largest absolute Gasteiger partial charge is 0.345 e. The van der Waals surface area contributed by atoms with Crippen molar-refractivity contribution in [3.63, 3.8) is 0 Å². The van der Waals surface area contributed by atoms with Gasteiger partial charge in [0.25, 0.3) is 5.91 Å². The molecule has 0 heterocycles. The average molecular weight is 397 g/mol. The number of amides is 1. The van der Waals surface area contributed by atoms with E-state index in [1.807, 2.05) is 67.7 Å². The number of quaternary nitrogens is 1. The van der Waals surface area contributed by atoms with Crippen LogP contribution < -0.4 is 10.6 Å². The molecule has 0 saturated carbocycles. The van der Waals surface area contributed by atoms with Crippen molar-refractivity contribution < 1.29 is 10.1 Å². The summed E-state index contributed by atoms with van der Waals surface area (Å²) in [4.78, 5) is 12.2. The number of hydrogen-bond donors (Lipinski definition) is 2. The molecule has 0 radical (unpaired) electrons. The Labute approximate surface area is 150 Å². The Morgan fingerprint density at radius 2 is 1.74 bits per heavy atom. The molecule has 122 valence electrons. The number of carbonyl (C=O) groups excluding carboxylic acids is 1. The molecule has 3 nitrogen and oxygen atoms in total. The summed E-state index contributed by atoms with van der Waals surface area (Å²) in [5, 5.41) is 5.75.